The minimum absolute atomic E-state index is 0.00103. The minimum Gasteiger partial charge on any atom is -0.354 e. The number of aromatic amines is 1. The number of amides is 1. The highest BCUT2D eigenvalue weighted by atomic mass is 32.1. The van der Waals surface area contributed by atoms with E-state index < -0.39 is 0 Å². The van der Waals surface area contributed by atoms with Gasteiger partial charge in [-0.05, 0) is 42.9 Å². The first-order valence-corrected chi connectivity index (χ1v) is 9.94. The standard InChI is InChI=1S/C17H24N4OS2/c1-12(16(22)18-10-9-13-6-3-2-4-7-13)21-15(19-20-17(21)23)14-8-5-11-24-14/h5,8,11-13H,2-4,6-7,9-10H2,1H3,(H,18,22)(H,20,23)/t12-/m0/s1. The van der Waals surface area contributed by atoms with Crippen molar-refractivity contribution in [2.75, 3.05) is 6.54 Å². The molecule has 1 saturated carbocycles. The molecule has 1 atom stereocenters. The average Bonchev–Trinajstić information content (AvgIpc) is 3.24. The lowest BCUT2D eigenvalue weighted by molar-refractivity contribution is -0.123. The Morgan fingerprint density at radius 1 is 1.50 bits per heavy atom. The lowest BCUT2D eigenvalue weighted by Gasteiger charge is -2.22. The molecule has 1 amide bonds. The van der Waals surface area contributed by atoms with Crippen LogP contribution < -0.4 is 5.32 Å². The Morgan fingerprint density at radius 3 is 3.00 bits per heavy atom. The maximum absolute atomic E-state index is 12.5. The van der Waals surface area contributed by atoms with Gasteiger partial charge in [-0.1, -0.05) is 38.2 Å². The van der Waals surface area contributed by atoms with Crippen molar-refractivity contribution in [1.29, 1.82) is 0 Å². The van der Waals surface area contributed by atoms with Crippen molar-refractivity contribution in [3.63, 3.8) is 0 Å². The summed E-state index contributed by atoms with van der Waals surface area (Å²) >= 11 is 6.91. The number of carbonyl (C=O) groups excluding carboxylic acids is 1. The normalized spacial score (nSPS) is 16.9. The van der Waals surface area contributed by atoms with Crippen LogP contribution in [0.1, 0.15) is 51.5 Å². The van der Waals surface area contributed by atoms with Gasteiger partial charge in [0, 0.05) is 6.54 Å². The fourth-order valence-electron chi connectivity index (χ4n) is 3.38. The van der Waals surface area contributed by atoms with Gasteiger partial charge in [0.15, 0.2) is 10.6 Å². The van der Waals surface area contributed by atoms with Gasteiger partial charge in [-0.25, -0.2) is 0 Å². The first kappa shape index (κ1) is 17.4. The van der Waals surface area contributed by atoms with Crippen molar-refractivity contribution in [2.24, 2.45) is 5.92 Å². The smallest absolute Gasteiger partial charge is 0.242 e. The van der Waals surface area contributed by atoms with Crippen molar-refractivity contribution in [2.45, 2.75) is 51.5 Å². The molecule has 1 aliphatic rings. The first-order chi connectivity index (χ1) is 11.7. The maximum atomic E-state index is 12.5. The van der Waals surface area contributed by atoms with Gasteiger partial charge < -0.3 is 5.32 Å². The molecule has 0 aliphatic heterocycles. The molecule has 2 N–H and O–H groups in total. The number of nitrogens with one attached hydrogen (secondary N) is 2. The van der Waals surface area contributed by atoms with Gasteiger partial charge in [-0.3, -0.25) is 14.5 Å². The highest BCUT2D eigenvalue weighted by Gasteiger charge is 2.21. The van der Waals surface area contributed by atoms with Crippen LogP contribution >= 0.6 is 23.6 Å². The molecule has 0 unspecified atom stereocenters. The predicted octanol–water partition coefficient (Wildman–Crippen LogP) is 4.32. The van der Waals surface area contributed by atoms with Gasteiger partial charge in [-0.15, -0.1) is 11.3 Å². The van der Waals surface area contributed by atoms with E-state index in [4.69, 9.17) is 12.2 Å². The molecule has 130 valence electrons. The van der Waals surface area contributed by atoms with Gasteiger partial charge in [-0.2, -0.15) is 5.10 Å². The summed E-state index contributed by atoms with van der Waals surface area (Å²) < 4.78 is 2.28. The zero-order valence-corrected chi connectivity index (χ0v) is 15.6. The van der Waals surface area contributed by atoms with Crippen LogP contribution in [0.5, 0.6) is 0 Å². The molecule has 24 heavy (non-hydrogen) atoms. The molecule has 0 saturated heterocycles. The summed E-state index contributed by atoms with van der Waals surface area (Å²) in [4.78, 5) is 13.5. The van der Waals surface area contributed by atoms with Crippen molar-refractivity contribution >= 4 is 29.5 Å². The third-order valence-corrected chi connectivity index (χ3v) is 5.94. The van der Waals surface area contributed by atoms with Crippen LogP contribution in [0.25, 0.3) is 10.7 Å². The highest BCUT2D eigenvalue weighted by molar-refractivity contribution is 7.71. The van der Waals surface area contributed by atoms with Crippen LogP contribution in [0.4, 0.5) is 0 Å². The van der Waals surface area contributed by atoms with Gasteiger partial charge in [0.05, 0.1) is 4.88 Å². The number of H-pyrrole nitrogens is 1. The molecule has 2 heterocycles. The van der Waals surface area contributed by atoms with Crippen molar-refractivity contribution in [3.8, 4) is 10.7 Å². The zero-order chi connectivity index (χ0) is 16.9. The fraction of sp³-hybridized carbons (Fsp3) is 0.588. The Balaban J connectivity index is 1.61. The Hall–Kier alpha value is -1.47. The molecule has 1 aliphatic carbocycles. The number of carbonyl (C=O) groups is 1. The molecule has 3 rings (SSSR count). The van der Waals surface area contributed by atoms with E-state index in [0.717, 1.165) is 29.6 Å². The van der Waals surface area contributed by atoms with Crippen molar-refractivity contribution in [3.05, 3.63) is 22.3 Å². The second kappa shape index (κ2) is 8.07. The summed E-state index contributed by atoms with van der Waals surface area (Å²) in [5.74, 6) is 1.50. The molecule has 0 aromatic carbocycles. The van der Waals surface area contributed by atoms with E-state index in [-0.39, 0.29) is 11.9 Å². The van der Waals surface area contributed by atoms with E-state index in [9.17, 15) is 4.79 Å². The second-order valence-electron chi connectivity index (χ2n) is 6.46. The molecule has 0 bridgehead atoms. The van der Waals surface area contributed by atoms with Gasteiger partial charge in [0.2, 0.25) is 5.91 Å². The van der Waals surface area contributed by atoms with Crippen LogP contribution in [-0.2, 0) is 4.79 Å². The van der Waals surface area contributed by atoms with E-state index in [1.54, 1.807) is 15.9 Å². The van der Waals surface area contributed by atoms with Crippen molar-refractivity contribution in [1.82, 2.24) is 20.1 Å². The summed E-state index contributed by atoms with van der Waals surface area (Å²) in [6, 6.07) is 3.58. The van der Waals surface area contributed by atoms with Gasteiger partial charge >= 0.3 is 0 Å². The van der Waals surface area contributed by atoms with Crippen LogP contribution in [-0.4, -0.2) is 27.2 Å². The van der Waals surface area contributed by atoms with E-state index >= 15 is 0 Å². The molecule has 2 aromatic heterocycles. The van der Waals surface area contributed by atoms with Gasteiger partial charge in [0.25, 0.3) is 0 Å². The first-order valence-electron chi connectivity index (χ1n) is 8.65. The molecule has 2 aromatic rings. The average molecular weight is 365 g/mol. The summed E-state index contributed by atoms with van der Waals surface area (Å²) in [6.07, 6.45) is 7.73. The minimum atomic E-state index is -0.375. The molecular weight excluding hydrogens is 340 g/mol. The quantitative estimate of drug-likeness (QED) is 0.751. The summed E-state index contributed by atoms with van der Waals surface area (Å²) in [5, 5.41) is 12.2. The zero-order valence-electron chi connectivity index (χ0n) is 14.0. The summed E-state index contributed by atoms with van der Waals surface area (Å²) in [5.41, 5.74) is 0. The number of aromatic nitrogens is 3. The fourth-order valence-corrected chi connectivity index (χ4v) is 4.38. The van der Waals surface area contributed by atoms with E-state index in [1.807, 2.05) is 24.4 Å². The Labute approximate surface area is 151 Å². The molecule has 5 nitrogen and oxygen atoms in total. The topological polar surface area (TPSA) is 62.7 Å². The number of thiophene rings is 1. The molecule has 7 heteroatoms. The van der Waals surface area contributed by atoms with E-state index in [0.29, 0.717) is 4.77 Å². The second-order valence-corrected chi connectivity index (χ2v) is 7.79. The Kier molecular flexibility index (Phi) is 5.84. The molecule has 1 fully saturated rings. The van der Waals surface area contributed by atoms with Crippen LogP contribution in [0, 0.1) is 10.7 Å². The number of rotatable bonds is 6. The van der Waals surface area contributed by atoms with E-state index in [2.05, 4.69) is 15.5 Å². The third kappa shape index (κ3) is 3.95. The highest BCUT2D eigenvalue weighted by Crippen LogP contribution is 2.27. The molecule has 0 spiro atoms. The van der Waals surface area contributed by atoms with E-state index in [1.165, 1.54) is 32.1 Å². The predicted molar refractivity (Wildman–Crippen MR) is 99.6 cm³/mol. The monoisotopic (exact) mass is 364 g/mol. The van der Waals surface area contributed by atoms with Crippen LogP contribution in [0.15, 0.2) is 17.5 Å². The van der Waals surface area contributed by atoms with Crippen LogP contribution in [0.2, 0.25) is 0 Å². The Morgan fingerprint density at radius 2 is 2.29 bits per heavy atom. The summed E-state index contributed by atoms with van der Waals surface area (Å²) in [7, 11) is 0. The largest absolute Gasteiger partial charge is 0.354 e. The number of nitrogens with zero attached hydrogens (tertiary/aromatic N) is 2. The third-order valence-electron chi connectivity index (χ3n) is 4.79. The maximum Gasteiger partial charge on any atom is 0.242 e. The molecular formula is C17H24N4OS2. The van der Waals surface area contributed by atoms with Crippen LogP contribution in [0.3, 0.4) is 0 Å². The summed E-state index contributed by atoms with van der Waals surface area (Å²) in [6.45, 7) is 2.62. The lowest BCUT2D eigenvalue weighted by Crippen LogP contribution is -2.33. The SMILES string of the molecule is C[C@@H](C(=O)NCCC1CCCCC1)n1c(-c2cccs2)n[nH]c1=S. The Bertz CT molecular complexity index is 713. The lowest BCUT2D eigenvalue weighted by atomic mass is 9.87. The van der Waals surface area contributed by atoms with Crippen molar-refractivity contribution < 1.29 is 4.79 Å². The number of hydrogen-bond acceptors (Lipinski definition) is 4. The van der Waals surface area contributed by atoms with Gasteiger partial charge in [0.1, 0.15) is 6.04 Å². The molecule has 0 radical (unpaired) electrons. The number of hydrogen-bond donors (Lipinski definition) is 2.